The number of piperazine rings is 1. The maximum atomic E-state index is 12.2. The van der Waals surface area contributed by atoms with E-state index in [0.29, 0.717) is 5.56 Å². The van der Waals surface area contributed by atoms with Gasteiger partial charge in [-0.05, 0) is 25.3 Å². The fraction of sp³-hybridized carbons (Fsp3) is 0.364. The van der Waals surface area contributed by atoms with Gasteiger partial charge in [-0.2, -0.15) is 11.3 Å². The summed E-state index contributed by atoms with van der Waals surface area (Å²) in [7, 11) is 0. The van der Waals surface area contributed by atoms with Crippen LogP contribution in [0.25, 0.3) is 0 Å². The first kappa shape index (κ1) is 11.8. The highest BCUT2D eigenvalue weighted by Gasteiger charge is 2.43. The molecule has 1 saturated heterocycles. The molecule has 0 aliphatic carbocycles. The Balaban J connectivity index is 2.33. The van der Waals surface area contributed by atoms with E-state index in [0.717, 1.165) is 0 Å². The quantitative estimate of drug-likeness (QED) is 0.745. The van der Waals surface area contributed by atoms with Crippen molar-refractivity contribution in [2.75, 3.05) is 6.54 Å². The molecule has 1 aliphatic heterocycles. The van der Waals surface area contributed by atoms with Gasteiger partial charge in [-0.1, -0.05) is 0 Å². The summed E-state index contributed by atoms with van der Waals surface area (Å²) in [6, 6.07) is 1.68. The van der Waals surface area contributed by atoms with Crippen LogP contribution < -0.4 is 5.32 Å². The van der Waals surface area contributed by atoms with Gasteiger partial charge in [-0.15, -0.1) is 0 Å². The summed E-state index contributed by atoms with van der Waals surface area (Å²) in [5, 5.41) is 5.72. The van der Waals surface area contributed by atoms with Gasteiger partial charge in [0.05, 0.1) is 5.56 Å². The molecule has 0 bridgehead atoms. The first-order valence-corrected chi connectivity index (χ1v) is 6.05. The minimum atomic E-state index is -1.01. The van der Waals surface area contributed by atoms with Gasteiger partial charge in [0, 0.05) is 5.38 Å². The summed E-state index contributed by atoms with van der Waals surface area (Å²) < 4.78 is 0. The molecule has 0 radical (unpaired) electrons. The van der Waals surface area contributed by atoms with E-state index < -0.39 is 17.4 Å². The lowest BCUT2D eigenvalue weighted by Gasteiger charge is -2.39. The molecule has 0 spiro atoms. The number of carbonyl (C=O) groups excluding carboxylic acids is 3. The van der Waals surface area contributed by atoms with Crippen molar-refractivity contribution in [1.29, 1.82) is 0 Å². The second-order valence-electron chi connectivity index (χ2n) is 4.34. The topological polar surface area (TPSA) is 66.5 Å². The zero-order valence-electron chi connectivity index (χ0n) is 9.52. The molecule has 2 heterocycles. The van der Waals surface area contributed by atoms with E-state index in [2.05, 4.69) is 5.32 Å². The number of thiophene rings is 1. The van der Waals surface area contributed by atoms with E-state index in [1.165, 1.54) is 16.2 Å². The van der Waals surface area contributed by atoms with Crippen molar-refractivity contribution in [3.05, 3.63) is 22.4 Å². The number of imide groups is 1. The SMILES string of the molecule is CC1(C)C(=O)NC(=O)CN1C(=O)c1ccsc1. The number of carbonyl (C=O) groups is 3. The molecular formula is C11H12N2O3S. The highest BCUT2D eigenvalue weighted by atomic mass is 32.1. The standard InChI is InChI=1S/C11H12N2O3S/c1-11(2)10(16)12-8(14)5-13(11)9(15)7-3-4-17-6-7/h3-4,6H,5H2,1-2H3,(H,12,14,16). The Bertz CT molecular complexity index is 479. The lowest BCUT2D eigenvalue weighted by atomic mass is 9.98. The van der Waals surface area contributed by atoms with Crippen LogP contribution in [-0.4, -0.2) is 34.7 Å². The van der Waals surface area contributed by atoms with Crippen molar-refractivity contribution in [2.45, 2.75) is 19.4 Å². The lowest BCUT2D eigenvalue weighted by Crippen LogP contribution is -2.65. The van der Waals surface area contributed by atoms with E-state index in [1.807, 2.05) is 0 Å². The van der Waals surface area contributed by atoms with Crippen LogP contribution in [0, 0.1) is 0 Å². The monoisotopic (exact) mass is 252 g/mol. The van der Waals surface area contributed by atoms with Crippen LogP contribution in [0.3, 0.4) is 0 Å². The minimum Gasteiger partial charge on any atom is -0.315 e. The first-order valence-electron chi connectivity index (χ1n) is 5.11. The molecule has 90 valence electrons. The third-order valence-electron chi connectivity index (χ3n) is 2.80. The largest absolute Gasteiger partial charge is 0.315 e. The summed E-state index contributed by atoms with van der Waals surface area (Å²) in [5.41, 5.74) is -0.502. The van der Waals surface area contributed by atoms with Crippen LogP contribution >= 0.6 is 11.3 Å². The van der Waals surface area contributed by atoms with E-state index in [-0.39, 0.29) is 12.5 Å². The zero-order valence-corrected chi connectivity index (χ0v) is 10.3. The Labute approximate surface area is 102 Å². The second kappa shape index (κ2) is 3.96. The lowest BCUT2D eigenvalue weighted by molar-refractivity contribution is -0.143. The third kappa shape index (κ3) is 1.95. The van der Waals surface area contributed by atoms with Gasteiger partial charge in [0.2, 0.25) is 5.91 Å². The molecular weight excluding hydrogens is 240 g/mol. The smallest absolute Gasteiger partial charge is 0.256 e. The number of nitrogens with one attached hydrogen (secondary N) is 1. The molecule has 0 atom stereocenters. The summed E-state index contributed by atoms with van der Waals surface area (Å²) in [4.78, 5) is 36.5. The molecule has 0 unspecified atom stereocenters. The molecule has 2 rings (SSSR count). The minimum absolute atomic E-state index is 0.0899. The van der Waals surface area contributed by atoms with Crippen LogP contribution in [0.2, 0.25) is 0 Å². The fourth-order valence-electron chi connectivity index (χ4n) is 1.65. The summed E-state index contributed by atoms with van der Waals surface area (Å²) in [6.07, 6.45) is 0. The van der Waals surface area contributed by atoms with E-state index in [1.54, 1.807) is 30.7 Å². The number of rotatable bonds is 1. The van der Waals surface area contributed by atoms with Crippen molar-refractivity contribution in [3.63, 3.8) is 0 Å². The molecule has 1 N–H and O–H groups in total. The second-order valence-corrected chi connectivity index (χ2v) is 5.12. The van der Waals surface area contributed by atoms with Crippen molar-refractivity contribution in [3.8, 4) is 0 Å². The highest BCUT2D eigenvalue weighted by Crippen LogP contribution is 2.21. The average Bonchev–Trinajstić information content (AvgIpc) is 2.76. The van der Waals surface area contributed by atoms with E-state index in [4.69, 9.17) is 0 Å². The summed E-state index contributed by atoms with van der Waals surface area (Å²) in [6.45, 7) is 3.16. The molecule has 1 aromatic rings. The van der Waals surface area contributed by atoms with E-state index >= 15 is 0 Å². The van der Waals surface area contributed by atoms with Gasteiger partial charge in [-0.3, -0.25) is 19.7 Å². The molecule has 17 heavy (non-hydrogen) atoms. The van der Waals surface area contributed by atoms with Crippen LogP contribution in [0.15, 0.2) is 16.8 Å². The zero-order chi connectivity index (χ0) is 12.6. The number of amides is 3. The van der Waals surface area contributed by atoms with Gasteiger partial charge >= 0.3 is 0 Å². The molecule has 0 saturated carbocycles. The maximum Gasteiger partial charge on any atom is 0.256 e. The molecule has 5 nitrogen and oxygen atoms in total. The predicted molar refractivity (Wildman–Crippen MR) is 62.6 cm³/mol. The Kier molecular flexibility index (Phi) is 2.74. The van der Waals surface area contributed by atoms with Crippen molar-refractivity contribution < 1.29 is 14.4 Å². The average molecular weight is 252 g/mol. The highest BCUT2D eigenvalue weighted by molar-refractivity contribution is 7.08. The normalized spacial score (nSPS) is 19.1. The van der Waals surface area contributed by atoms with E-state index in [9.17, 15) is 14.4 Å². The van der Waals surface area contributed by atoms with Crippen LogP contribution in [0.4, 0.5) is 0 Å². The molecule has 0 aromatic carbocycles. The van der Waals surface area contributed by atoms with Crippen LogP contribution in [-0.2, 0) is 9.59 Å². The van der Waals surface area contributed by atoms with Crippen molar-refractivity contribution >= 4 is 29.1 Å². The summed E-state index contributed by atoms with van der Waals surface area (Å²) >= 11 is 1.40. The number of hydrogen-bond acceptors (Lipinski definition) is 4. The Morgan fingerprint density at radius 1 is 1.47 bits per heavy atom. The maximum absolute atomic E-state index is 12.2. The third-order valence-corrected chi connectivity index (χ3v) is 3.48. The summed E-state index contributed by atoms with van der Waals surface area (Å²) in [5.74, 6) is -1.19. The van der Waals surface area contributed by atoms with Crippen LogP contribution in [0.1, 0.15) is 24.2 Å². The van der Waals surface area contributed by atoms with Gasteiger partial charge in [0.25, 0.3) is 11.8 Å². The molecule has 6 heteroatoms. The van der Waals surface area contributed by atoms with Gasteiger partial charge < -0.3 is 4.90 Å². The Morgan fingerprint density at radius 2 is 2.18 bits per heavy atom. The Hall–Kier alpha value is -1.69. The number of nitrogens with zero attached hydrogens (tertiary/aromatic N) is 1. The predicted octanol–water partition coefficient (Wildman–Crippen LogP) is 0.625. The molecule has 1 aromatic heterocycles. The van der Waals surface area contributed by atoms with Gasteiger partial charge in [-0.25, -0.2) is 0 Å². The molecule has 1 fully saturated rings. The van der Waals surface area contributed by atoms with Crippen molar-refractivity contribution in [1.82, 2.24) is 10.2 Å². The van der Waals surface area contributed by atoms with Crippen LogP contribution in [0.5, 0.6) is 0 Å². The molecule has 1 aliphatic rings. The van der Waals surface area contributed by atoms with Gasteiger partial charge in [0.1, 0.15) is 12.1 Å². The molecule has 3 amide bonds. The van der Waals surface area contributed by atoms with Crippen molar-refractivity contribution in [2.24, 2.45) is 0 Å². The number of hydrogen-bond donors (Lipinski definition) is 1. The first-order chi connectivity index (χ1) is 7.93. The fourth-order valence-corrected chi connectivity index (χ4v) is 2.28. The van der Waals surface area contributed by atoms with Gasteiger partial charge in [0.15, 0.2) is 0 Å². The Morgan fingerprint density at radius 3 is 2.76 bits per heavy atom.